The lowest BCUT2D eigenvalue weighted by Crippen LogP contribution is -2.45. The largest absolute Gasteiger partial charge is 0.376 e. The average Bonchev–Trinajstić information content (AvgIpc) is 2.70. The summed E-state index contributed by atoms with van der Waals surface area (Å²) in [5, 5.41) is 8.09. The zero-order valence-corrected chi connectivity index (χ0v) is 14.3. The van der Waals surface area contributed by atoms with Gasteiger partial charge in [-0.1, -0.05) is 32.6 Å². The number of halogens is 1. The van der Waals surface area contributed by atoms with Gasteiger partial charge in [-0.2, -0.15) is 11.3 Å². The monoisotopic (exact) mass is 345 g/mol. The number of hydrogen-bond donors (Lipinski definition) is 1. The molecule has 0 aromatic carbocycles. The number of likely N-dealkylation sites (N-methyl/N-ethyl adjacent to an activating group) is 1. The van der Waals surface area contributed by atoms with Crippen molar-refractivity contribution in [2.45, 2.75) is 57.1 Å². The average molecular weight is 346 g/mol. The molecule has 1 aliphatic carbocycles. The van der Waals surface area contributed by atoms with Crippen molar-refractivity contribution < 1.29 is 4.74 Å². The van der Waals surface area contributed by atoms with Crippen LogP contribution in [0.15, 0.2) is 15.2 Å². The number of rotatable bonds is 5. The van der Waals surface area contributed by atoms with Gasteiger partial charge >= 0.3 is 0 Å². The van der Waals surface area contributed by atoms with Gasteiger partial charge in [-0.3, -0.25) is 0 Å². The molecule has 1 aliphatic rings. The van der Waals surface area contributed by atoms with Gasteiger partial charge < -0.3 is 10.1 Å². The fourth-order valence-corrected chi connectivity index (χ4v) is 4.77. The molecule has 1 aromatic heterocycles. The molecule has 0 bridgehead atoms. The second-order valence-electron chi connectivity index (χ2n) is 5.35. The van der Waals surface area contributed by atoms with Gasteiger partial charge in [-0.05, 0) is 46.3 Å². The van der Waals surface area contributed by atoms with Crippen molar-refractivity contribution in [2.75, 3.05) is 13.7 Å². The van der Waals surface area contributed by atoms with Crippen LogP contribution in [-0.2, 0) is 4.74 Å². The first-order valence-electron chi connectivity index (χ1n) is 7.23. The lowest BCUT2D eigenvalue weighted by Gasteiger charge is -2.40. The Balaban J connectivity index is 2.31. The zero-order valence-electron chi connectivity index (χ0n) is 11.9. The third-order valence-corrected chi connectivity index (χ3v) is 6.00. The van der Waals surface area contributed by atoms with E-state index in [4.69, 9.17) is 4.74 Å². The topological polar surface area (TPSA) is 21.3 Å². The van der Waals surface area contributed by atoms with Gasteiger partial charge in [-0.15, -0.1) is 0 Å². The lowest BCUT2D eigenvalue weighted by molar-refractivity contribution is -0.0537. The summed E-state index contributed by atoms with van der Waals surface area (Å²) in [7, 11) is 1.88. The molecule has 0 aliphatic heterocycles. The van der Waals surface area contributed by atoms with Crippen molar-refractivity contribution in [3.63, 3.8) is 0 Å². The van der Waals surface area contributed by atoms with Crippen molar-refractivity contribution in [3.05, 3.63) is 20.8 Å². The summed E-state index contributed by atoms with van der Waals surface area (Å²) in [5.74, 6) is 0. The Kier molecular flexibility index (Phi) is 5.87. The van der Waals surface area contributed by atoms with Crippen LogP contribution in [0.25, 0.3) is 0 Å². The van der Waals surface area contributed by atoms with Crippen molar-refractivity contribution in [3.8, 4) is 0 Å². The maximum absolute atomic E-state index is 6.07. The van der Waals surface area contributed by atoms with Crippen LogP contribution in [-0.4, -0.2) is 19.3 Å². The third kappa shape index (κ3) is 3.41. The first-order valence-corrected chi connectivity index (χ1v) is 8.97. The van der Waals surface area contributed by atoms with Gasteiger partial charge in [0.25, 0.3) is 0 Å². The van der Waals surface area contributed by atoms with E-state index in [2.05, 4.69) is 38.9 Å². The van der Waals surface area contributed by atoms with Crippen LogP contribution in [0.5, 0.6) is 0 Å². The maximum Gasteiger partial charge on any atom is 0.0873 e. The maximum atomic E-state index is 6.07. The quantitative estimate of drug-likeness (QED) is 0.766. The van der Waals surface area contributed by atoms with Crippen LogP contribution in [0.3, 0.4) is 0 Å². The first kappa shape index (κ1) is 15.5. The minimum Gasteiger partial charge on any atom is -0.376 e. The highest BCUT2D eigenvalue weighted by atomic mass is 79.9. The number of ether oxygens (including phenoxy) is 1. The van der Waals surface area contributed by atoms with E-state index in [1.807, 2.05) is 7.11 Å². The number of nitrogens with one attached hydrogen (secondary N) is 1. The first-order chi connectivity index (χ1) is 9.23. The molecule has 108 valence electrons. The third-order valence-electron chi connectivity index (χ3n) is 4.24. The molecule has 1 saturated carbocycles. The Morgan fingerprint density at radius 2 is 2.00 bits per heavy atom. The molecule has 1 atom stereocenters. The van der Waals surface area contributed by atoms with E-state index < -0.39 is 0 Å². The van der Waals surface area contributed by atoms with Gasteiger partial charge in [0.2, 0.25) is 0 Å². The van der Waals surface area contributed by atoms with Gasteiger partial charge in [0.05, 0.1) is 11.6 Å². The second-order valence-corrected chi connectivity index (χ2v) is 6.95. The summed E-state index contributed by atoms with van der Waals surface area (Å²) >= 11 is 5.45. The zero-order chi connectivity index (χ0) is 13.7. The summed E-state index contributed by atoms with van der Waals surface area (Å²) in [6.07, 6.45) is 7.55. The fourth-order valence-electron chi connectivity index (χ4n) is 3.22. The number of thiophene rings is 1. The van der Waals surface area contributed by atoms with Crippen molar-refractivity contribution >= 4 is 27.3 Å². The molecule has 1 N–H and O–H groups in total. The van der Waals surface area contributed by atoms with E-state index in [1.54, 1.807) is 11.3 Å². The van der Waals surface area contributed by atoms with E-state index in [9.17, 15) is 0 Å². The van der Waals surface area contributed by atoms with Crippen LogP contribution in [0, 0.1) is 0 Å². The van der Waals surface area contributed by atoms with Crippen LogP contribution in [0.2, 0.25) is 0 Å². The summed E-state index contributed by atoms with van der Waals surface area (Å²) in [6, 6.07) is 0.293. The molecule has 0 radical (unpaired) electrons. The van der Waals surface area contributed by atoms with Crippen LogP contribution in [0.4, 0.5) is 0 Å². The minimum atomic E-state index is -0.0455. The van der Waals surface area contributed by atoms with Crippen molar-refractivity contribution in [1.29, 1.82) is 0 Å². The van der Waals surface area contributed by atoms with E-state index in [-0.39, 0.29) is 5.60 Å². The Morgan fingerprint density at radius 1 is 1.32 bits per heavy atom. The summed E-state index contributed by atoms with van der Waals surface area (Å²) in [6.45, 7) is 3.14. The Labute approximate surface area is 129 Å². The van der Waals surface area contributed by atoms with E-state index in [0.717, 1.165) is 19.4 Å². The van der Waals surface area contributed by atoms with Gasteiger partial charge in [0.1, 0.15) is 0 Å². The molecule has 0 amide bonds. The fraction of sp³-hybridized carbons (Fsp3) is 0.733. The molecule has 4 heteroatoms. The predicted molar refractivity (Wildman–Crippen MR) is 85.9 cm³/mol. The van der Waals surface area contributed by atoms with E-state index in [0.29, 0.717) is 6.04 Å². The molecule has 0 saturated heterocycles. The van der Waals surface area contributed by atoms with Gasteiger partial charge in [0.15, 0.2) is 0 Å². The number of hydrogen-bond acceptors (Lipinski definition) is 3. The van der Waals surface area contributed by atoms with Gasteiger partial charge in [-0.25, -0.2) is 0 Å². The number of methoxy groups -OCH3 is 1. The van der Waals surface area contributed by atoms with Crippen LogP contribution < -0.4 is 5.32 Å². The molecule has 19 heavy (non-hydrogen) atoms. The molecule has 1 unspecified atom stereocenters. The van der Waals surface area contributed by atoms with E-state index >= 15 is 0 Å². The Hall–Kier alpha value is 0.1000. The van der Waals surface area contributed by atoms with Crippen LogP contribution in [0.1, 0.15) is 57.1 Å². The molecular weight excluding hydrogens is 322 g/mol. The SMILES string of the molecule is CCNC(c1cscc1Br)C1(OC)CCCCCC1. The second kappa shape index (κ2) is 7.21. The predicted octanol–water partition coefficient (Wildman–Crippen LogP) is 4.90. The lowest BCUT2D eigenvalue weighted by atomic mass is 9.83. The van der Waals surface area contributed by atoms with Crippen molar-refractivity contribution in [1.82, 2.24) is 5.32 Å². The molecule has 2 nitrogen and oxygen atoms in total. The highest BCUT2D eigenvalue weighted by Gasteiger charge is 2.40. The summed E-state index contributed by atoms with van der Waals surface area (Å²) < 4.78 is 7.29. The smallest absolute Gasteiger partial charge is 0.0873 e. The molecule has 1 heterocycles. The Bertz CT molecular complexity index is 385. The van der Waals surface area contributed by atoms with Gasteiger partial charge in [0, 0.05) is 17.0 Å². The summed E-state index contributed by atoms with van der Waals surface area (Å²) in [5.41, 5.74) is 1.31. The van der Waals surface area contributed by atoms with E-state index in [1.165, 1.54) is 35.7 Å². The summed E-state index contributed by atoms with van der Waals surface area (Å²) in [4.78, 5) is 0. The van der Waals surface area contributed by atoms with Crippen molar-refractivity contribution in [2.24, 2.45) is 0 Å². The normalized spacial score (nSPS) is 21.0. The highest BCUT2D eigenvalue weighted by molar-refractivity contribution is 9.10. The minimum absolute atomic E-state index is 0.0455. The molecule has 0 spiro atoms. The molecule has 2 rings (SSSR count). The standard InChI is InChI=1S/C15H24BrNOS/c1-3-17-14(12-10-19-11-13(12)16)15(18-2)8-6-4-5-7-9-15/h10-11,14,17H,3-9H2,1-2H3. The molecule has 1 aromatic rings. The highest BCUT2D eigenvalue weighted by Crippen LogP contribution is 2.43. The Morgan fingerprint density at radius 3 is 2.47 bits per heavy atom. The molecular formula is C15H24BrNOS. The van der Waals surface area contributed by atoms with Crippen LogP contribution >= 0.6 is 27.3 Å². The molecule has 1 fully saturated rings.